The summed E-state index contributed by atoms with van der Waals surface area (Å²) in [6.07, 6.45) is 6.60. The van der Waals surface area contributed by atoms with E-state index in [9.17, 15) is 9.18 Å². The lowest BCUT2D eigenvalue weighted by atomic mass is 9.94. The molecule has 3 nitrogen and oxygen atoms in total. The second-order valence-corrected chi connectivity index (χ2v) is 3.82. The van der Waals surface area contributed by atoms with E-state index in [0.717, 1.165) is 19.3 Å². The number of pyridine rings is 1. The summed E-state index contributed by atoms with van der Waals surface area (Å²) in [5.41, 5.74) is 0. The minimum atomic E-state index is -0.582. The third-order valence-electron chi connectivity index (χ3n) is 2.61. The van der Waals surface area contributed by atoms with Crippen molar-refractivity contribution < 1.29 is 9.18 Å². The van der Waals surface area contributed by atoms with Crippen LogP contribution in [0.1, 0.15) is 19.3 Å². The molecule has 84 valence electrons. The smallest absolute Gasteiger partial charge is 0.228 e. The van der Waals surface area contributed by atoms with Crippen molar-refractivity contribution in [2.75, 3.05) is 5.32 Å². The highest BCUT2D eigenvalue weighted by atomic mass is 19.1. The van der Waals surface area contributed by atoms with E-state index in [4.69, 9.17) is 0 Å². The Kier molecular flexibility index (Phi) is 3.29. The number of nitrogens with zero attached hydrogens (tertiary/aromatic N) is 1. The van der Waals surface area contributed by atoms with Crippen molar-refractivity contribution in [2.45, 2.75) is 19.3 Å². The largest absolute Gasteiger partial charge is 0.310 e. The van der Waals surface area contributed by atoms with E-state index in [1.54, 1.807) is 6.07 Å². The van der Waals surface area contributed by atoms with Gasteiger partial charge in [0.2, 0.25) is 11.9 Å². The van der Waals surface area contributed by atoms with Gasteiger partial charge >= 0.3 is 0 Å². The summed E-state index contributed by atoms with van der Waals surface area (Å²) in [6.45, 7) is 0. The molecule has 2 rings (SSSR count). The molecule has 0 saturated heterocycles. The summed E-state index contributed by atoms with van der Waals surface area (Å²) in [7, 11) is 0. The molecule has 0 radical (unpaired) electrons. The van der Waals surface area contributed by atoms with Crippen molar-refractivity contribution in [3.05, 3.63) is 36.3 Å². The zero-order chi connectivity index (χ0) is 11.4. The SMILES string of the molecule is O=C(Nc1cccc(F)n1)C1CC=CCC1. The molecule has 1 unspecified atom stereocenters. The van der Waals surface area contributed by atoms with Crippen molar-refractivity contribution in [3.8, 4) is 0 Å². The number of halogens is 1. The Morgan fingerprint density at radius 1 is 1.44 bits per heavy atom. The van der Waals surface area contributed by atoms with Gasteiger partial charge in [0.25, 0.3) is 0 Å². The lowest BCUT2D eigenvalue weighted by Crippen LogP contribution is -2.24. The molecule has 0 fully saturated rings. The van der Waals surface area contributed by atoms with E-state index in [2.05, 4.69) is 16.4 Å². The van der Waals surface area contributed by atoms with E-state index in [0.29, 0.717) is 0 Å². The van der Waals surface area contributed by atoms with Crippen LogP contribution in [0, 0.1) is 11.9 Å². The van der Waals surface area contributed by atoms with Gasteiger partial charge in [0.1, 0.15) is 5.82 Å². The number of rotatable bonds is 2. The average Bonchev–Trinajstić information content (AvgIpc) is 2.30. The predicted molar refractivity (Wildman–Crippen MR) is 59.3 cm³/mol. The van der Waals surface area contributed by atoms with Gasteiger partial charge in [0, 0.05) is 5.92 Å². The quantitative estimate of drug-likeness (QED) is 0.614. The van der Waals surface area contributed by atoms with Crippen LogP contribution in [0.2, 0.25) is 0 Å². The van der Waals surface area contributed by atoms with Crippen LogP contribution in [0.3, 0.4) is 0 Å². The highest BCUT2D eigenvalue weighted by molar-refractivity contribution is 5.91. The fourth-order valence-electron chi connectivity index (χ4n) is 1.74. The Hall–Kier alpha value is -1.71. The average molecular weight is 220 g/mol. The van der Waals surface area contributed by atoms with Gasteiger partial charge in [0.05, 0.1) is 0 Å². The third-order valence-corrected chi connectivity index (χ3v) is 2.61. The number of carbonyl (C=O) groups is 1. The Morgan fingerprint density at radius 2 is 2.31 bits per heavy atom. The van der Waals surface area contributed by atoms with Crippen molar-refractivity contribution in [1.29, 1.82) is 0 Å². The van der Waals surface area contributed by atoms with E-state index < -0.39 is 5.95 Å². The van der Waals surface area contributed by atoms with Crippen molar-refractivity contribution >= 4 is 11.7 Å². The van der Waals surface area contributed by atoms with Crippen LogP contribution in [0.5, 0.6) is 0 Å². The van der Waals surface area contributed by atoms with E-state index in [-0.39, 0.29) is 17.6 Å². The summed E-state index contributed by atoms with van der Waals surface area (Å²) in [4.78, 5) is 15.4. The van der Waals surface area contributed by atoms with Crippen LogP contribution in [0.4, 0.5) is 10.2 Å². The first-order chi connectivity index (χ1) is 7.75. The van der Waals surface area contributed by atoms with Gasteiger partial charge in [-0.15, -0.1) is 0 Å². The molecule has 1 aliphatic rings. The Labute approximate surface area is 93.4 Å². The van der Waals surface area contributed by atoms with Gasteiger partial charge in [0.15, 0.2) is 0 Å². The minimum absolute atomic E-state index is 0.0185. The summed E-state index contributed by atoms with van der Waals surface area (Å²) < 4.78 is 12.8. The highest BCUT2D eigenvalue weighted by Crippen LogP contribution is 2.19. The van der Waals surface area contributed by atoms with Crippen LogP contribution < -0.4 is 5.32 Å². The van der Waals surface area contributed by atoms with Crippen molar-refractivity contribution in [2.24, 2.45) is 5.92 Å². The van der Waals surface area contributed by atoms with Gasteiger partial charge in [-0.25, -0.2) is 4.98 Å². The van der Waals surface area contributed by atoms with Crippen LogP contribution >= 0.6 is 0 Å². The lowest BCUT2D eigenvalue weighted by molar-refractivity contribution is -0.120. The topological polar surface area (TPSA) is 42.0 Å². The number of carbonyl (C=O) groups excluding carboxylic acids is 1. The number of amides is 1. The molecule has 4 heteroatoms. The second kappa shape index (κ2) is 4.88. The molecule has 1 aliphatic carbocycles. The number of anilines is 1. The summed E-state index contributed by atoms with van der Waals surface area (Å²) in [5, 5.41) is 2.63. The summed E-state index contributed by atoms with van der Waals surface area (Å²) >= 11 is 0. The second-order valence-electron chi connectivity index (χ2n) is 3.82. The van der Waals surface area contributed by atoms with Gasteiger partial charge in [-0.2, -0.15) is 4.39 Å². The van der Waals surface area contributed by atoms with Crippen LogP contribution in [0.15, 0.2) is 30.4 Å². The van der Waals surface area contributed by atoms with E-state index >= 15 is 0 Å². The fourth-order valence-corrected chi connectivity index (χ4v) is 1.74. The molecule has 1 aromatic heterocycles. The van der Waals surface area contributed by atoms with Crippen LogP contribution in [0.25, 0.3) is 0 Å². The number of aromatic nitrogens is 1. The van der Waals surface area contributed by atoms with Gasteiger partial charge < -0.3 is 5.32 Å². The molecule has 1 aromatic rings. The van der Waals surface area contributed by atoms with E-state index in [1.807, 2.05) is 6.08 Å². The summed E-state index contributed by atoms with van der Waals surface area (Å²) in [5.74, 6) is -0.404. The molecule has 1 atom stereocenters. The molecule has 0 saturated carbocycles. The fraction of sp³-hybridized carbons (Fsp3) is 0.333. The molecule has 1 N–H and O–H groups in total. The standard InChI is InChI=1S/C12H13FN2O/c13-10-7-4-8-11(14-10)15-12(16)9-5-2-1-3-6-9/h1-2,4,7-9H,3,5-6H2,(H,14,15,16). The zero-order valence-electron chi connectivity index (χ0n) is 8.82. The number of nitrogens with one attached hydrogen (secondary N) is 1. The lowest BCUT2D eigenvalue weighted by Gasteiger charge is -2.16. The van der Waals surface area contributed by atoms with Crippen molar-refractivity contribution in [3.63, 3.8) is 0 Å². The molecule has 0 aliphatic heterocycles. The van der Waals surface area contributed by atoms with Gasteiger partial charge in [-0.05, 0) is 31.4 Å². The molecule has 1 heterocycles. The first kappa shape index (κ1) is 10.8. The number of allylic oxidation sites excluding steroid dienone is 2. The predicted octanol–water partition coefficient (Wildman–Crippen LogP) is 2.52. The van der Waals surface area contributed by atoms with Crippen LogP contribution in [-0.4, -0.2) is 10.9 Å². The first-order valence-corrected chi connectivity index (χ1v) is 5.34. The summed E-state index contributed by atoms with van der Waals surface area (Å²) in [6, 6.07) is 4.36. The monoisotopic (exact) mass is 220 g/mol. The van der Waals surface area contributed by atoms with Gasteiger partial charge in [-0.1, -0.05) is 18.2 Å². The molecule has 16 heavy (non-hydrogen) atoms. The number of hydrogen-bond donors (Lipinski definition) is 1. The highest BCUT2D eigenvalue weighted by Gasteiger charge is 2.18. The van der Waals surface area contributed by atoms with Crippen molar-refractivity contribution in [1.82, 2.24) is 4.98 Å². The maximum Gasteiger partial charge on any atom is 0.228 e. The van der Waals surface area contributed by atoms with E-state index in [1.165, 1.54) is 12.1 Å². The minimum Gasteiger partial charge on any atom is -0.310 e. The Morgan fingerprint density at radius 3 is 3.00 bits per heavy atom. The zero-order valence-corrected chi connectivity index (χ0v) is 8.82. The maximum atomic E-state index is 12.8. The normalized spacial score (nSPS) is 19.4. The third kappa shape index (κ3) is 2.66. The molecule has 1 amide bonds. The van der Waals surface area contributed by atoms with Gasteiger partial charge in [-0.3, -0.25) is 4.79 Å². The molecule has 0 bridgehead atoms. The Balaban J connectivity index is 1.99. The molecule has 0 spiro atoms. The first-order valence-electron chi connectivity index (χ1n) is 5.34. The molecular formula is C12H13FN2O. The Bertz CT molecular complexity index is 417. The maximum absolute atomic E-state index is 12.8. The molecule has 0 aromatic carbocycles. The molecular weight excluding hydrogens is 207 g/mol. The van der Waals surface area contributed by atoms with Crippen LogP contribution in [-0.2, 0) is 4.79 Å². The number of hydrogen-bond acceptors (Lipinski definition) is 2.